The van der Waals surface area contributed by atoms with Gasteiger partial charge >= 0.3 is 0 Å². The van der Waals surface area contributed by atoms with Gasteiger partial charge in [-0.15, -0.1) is 0 Å². The number of methoxy groups -OCH3 is 1. The molecule has 2 aromatic rings. The van der Waals surface area contributed by atoms with Crippen LogP contribution in [0, 0.1) is 17.2 Å². The molecule has 6 nitrogen and oxygen atoms in total. The molecule has 1 aliphatic carbocycles. The number of pyridine rings is 2. The molecule has 136 valence electrons. The third kappa shape index (κ3) is 3.78. The summed E-state index contributed by atoms with van der Waals surface area (Å²) in [4.78, 5) is 8.92. The number of nitrogens with zero attached hydrogens (tertiary/aromatic N) is 3. The minimum Gasteiger partial charge on any atom is -0.495 e. The van der Waals surface area contributed by atoms with E-state index in [1.165, 1.54) is 0 Å². The third-order valence-corrected chi connectivity index (χ3v) is 4.87. The standard InChI is InChI=1S/C20H24N4O2/c1-12(2)18-5-4-13(9-21)20(23-18)24-19(14-6-16(25)7-14)15-8-17(26-3)11-22-10-15/h4-5,8,10-12,14,16,19,25H,6-7H2,1-3H3,(H,23,24)/t14?,16?,19-/m1/s1. The Morgan fingerprint density at radius 3 is 2.69 bits per heavy atom. The largest absolute Gasteiger partial charge is 0.495 e. The van der Waals surface area contributed by atoms with Gasteiger partial charge in [0.15, 0.2) is 0 Å². The van der Waals surface area contributed by atoms with E-state index in [9.17, 15) is 10.4 Å². The van der Waals surface area contributed by atoms with E-state index >= 15 is 0 Å². The first-order valence-corrected chi connectivity index (χ1v) is 8.86. The van der Waals surface area contributed by atoms with Crippen LogP contribution in [0.4, 0.5) is 5.82 Å². The smallest absolute Gasteiger partial charge is 0.144 e. The van der Waals surface area contributed by atoms with Crippen LogP contribution >= 0.6 is 0 Å². The second-order valence-electron chi connectivity index (χ2n) is 7.06. The van der Waals surface area contributed by atoms with Crippen LogP contribution in [0.5, 0.6) is 5.75 Å². The highest BCUT2D eigenvalue weighted by Gasteiger charge is 2.35. The molecule has 0 radical (unpaired) electrons. The molecule has 0 bridgehead atoms. The van der Waals surface area contributed by atoms with Crippen LogP contribution in [0.2, 0.25) is 0 Å². The van der Waals surface area contributed by atoms with Gasteiger partial charge in [0, 0.05) is 11.9 Å². The molecule has 0 amide bonds. The molecule has 26 heavy (non-hydrogen) atoms. The Hall–Kier alpha value is -2.65. The van der Waals surface area contributed by atoms with E-state index in [-0.39, 0.29) is 24.0 Å². The molecule has 3 rings (SSSR count). The molecule has 0 saturated heterocycles. The average Bonchev–Trinajstić information content (AvgIpc) is 2.63. The summed E-state index contributed by atoms with van der Waals surface area (Å²) in [6.45, 7) is 4.15. The number of hydrogen-bond acceptors (Lipinski definition) is 6. The highest BCUT2D eigenvalue weighted by Crippen LogP contribution is 2.40. The van der Waals surface area contributed by atoms with Crippen molar-refractivity contribution in [2.75, 3.05) is 12.4 Å². The summed E-state index contributed by atoms with van der Waals surface area (Å²) in [7, 11) is 1.61. The fourth-order valence-electron chi connectivity index (χ4n) is 3.24. The van der Waals surface area contributed by atoms with E-state index in [1.54, 1.807) is 25.6 Å². The molecule has 1 aliphatic rings. The number of rotatable bonds is 6. The topological polar surface area (TPSA) is 91.1 Å². The van der Waals surface area contributed by atoms with Crippen molar-refractivity contribution in [1.29, 1.82) is 5.26 Å². The lowest BCUT2D eigenvalue weighted by molar-refractivity contribution is 0.0338. The number of aliphatic hydroxyl groups is 1. The van der Waals surface area contributed by atoms with Gasteiger partial charge in [-0.1, -0.05) is 13.8 Å². The molecule has 1 fully saturated rings. The summed E-state index contributed by atoms with van der Waals surface area (Å²) < 4.78 is 5.30. The van der Waals surface area contributed by atoms with Crippen LogP contribution in [0.3, 0.4) is 0 Å². The Bertz CT molecular complexity index is 810. The number of aromatic nitrogens is 2. The molecule has 1 saturated carbocycles. The van der Waals surface area contributed by atoms with Gasteiger partial charge in [-0.3, -0.25) is 4.98 Å². The number of hydrogen-bond donors (Lipinski definition) is 2. The molecule has 1 atom stereocenters. The van der Waals surface area contributed by atoms with Crippen molar-refractivity contribution in [2.24, 2.45) is 5.92 Å². The Morgan fingerprint density at radius 2 is 2.08 bits per heavy atom. The quantitative estimate of drug-likeness (QED) is 0.828. The predicted molar refractivity (Wildman–Crippen MR) is 98.9 cm³/mol. The molecule has 2 aromatic heterocycles. The Balaban J connectivity index is 1.96. The first-order chi connectivity index (χ1) is 12.5. The molecular formula is C20H24N4O2. The number of nitriles is 1. The van der Waals surface area contributed by atoms with Crippen molar-refractivity contribution in [2.45, 2.75) is 44.8 Å². The van der Waals surface area contributed by atoms with Gasteiger partial charge in [-0.25, -0.2) is 4.98 Å². The van der Waals surface area contributed by atoms with E-state index in [4.69, 9.17) is 4.74 Å². The summed E-state index contributed by atoms with van der Waals surface area (Å²) in [5.74, 6) is 1.77. The number of anilines is 1. The van der Waals surface area contributed by atoms with E-state index in [1.807, 2.05) is 12.1 Å². The van der Waals surface area contributed by atoms with Crippen molar-refractivity contribution < 1.29 is 9.84 Å². The number of aliphatic hydroxyl groups excluding tert-OH is 1. The molecule has 6 heteroatoms. The van der Waals surface area contributed by atoms with Crippen LogP contribution in [0.15, 0.2) is 30.6 Å². The lowest BCUT2D eigenvalue weighted by atomic mass is 9.75. The van der Waals surface area contributed by atoms with Gasteiger partial charge in [0.05, 0.1) is 31.0 Å². The van der Waals surface area contributed by atoms with Crippen LogP contribution in [0.1, 0.15) is 55.5 Å². The maximum absolute atomic E-state index is 9.76. The summed E-state index contributed by atoms with van der Waals surface area (Å²) in [5.41, 5.74) is 2.40. The predicted octanol–water partition coefficient (Wildman–Crippen LogP) is 3.40. The van der Waals surface area contributed by atoms with E-state index in [2.05, 4.69) is 35.2 Å². The minimum absolute atomic E-state index is 0.0944. The lowest BCUT2D eigenvalue weighted by Gasteiger charge is -2.38. The Kier molecular flexibility index (Phi) is 5.38. The lowest BCUT2D eigenvalue weighted by Crippen LogP contribution is -2.36. The highest BCUT2D eigenvalue weighted by atomic mass is 16.5. The van der Waals surface area contributed by atoms with E-state index < -0.39 is 0 Å². The first kappa shape index (κ1) is 18.2. The molecule has 0 aliphatic heterocycles. The van der Waals surface area contributed by atoms with Gasteiger partial charge < -0.3 is 15.2 Å². The fraction of sp³-hybridized carbons (Fsp3) is 0.450. The minimum atomic E-state index is -0.270. The van der Waals surface area contributed by atoms with Crippen LogP contribution in [-0.2, 0) is 0 Å². The van der Waals surface area contributed by atoms with Gasteiger partial charge in [0.25, 0.3) is 0 Å². The average molecular weight is 352 g/mol. The van der Waals surface area contributed by atoms with Crippen molar-refractivity contribution >= 4 is 5.82 Å². The maximum Gasteiger partial charge on any atom is 0.144 e. The summed E-state index contributed by atoms with van der Waals surface area (Å²) in [6, 6.07) is 7.75. The second kappa shape index (κ2) is 7.71. The van der Waals surface area contributed by atoms with Crippen molar-refractivity contribution in [3.8, 4) is 11.8 Å². The van der Waals surface area contributed by atoms with Gasteiger partial charge in [-0.2, -0.15) is 5.26 Å². The van der Waals surface area contributed by atoms with Crippen molar-refractivity contribution in [1.82, 2.24) is 9.97 Å². The zero-order valence-electron chi connectivity index (χ0n) is 15.3. The van der Waals surface area contributed by atoms with E-state index in [0.717, 1.165) is 11.3 Å². The molecule has 0 spiro atoms. The molecule has 0 unspecified atom stereocenters. The van der Waals surface area contributed by atoms with Crippen LogP contribution in [-0.4, -0.2) is 28.3 Å². The Labute approximate surface area is 153 Å². The van der Waals surface area contributed by atoms with Gasteiger partial charge in [0.2, 0.25) is 0 Å². The summed E-state index contributed by atoms with van der Waals surface area (Å²) in [6.07, 6.45) is 4.60. The monoisotopic (exact) mass is 352 g/mol. The molecular weight excluding hydrogens is 328 g/mol. The van der Waals surface area contributed by atoms with Crippen LogP contribution in [0.25, 0.3) is 0 Å². The van der Waals surface area contributed by atoms with E-state index in [0.29, 0.717) is 30.0 Å². The number of nitrogens with one attached hydrogen (secondary N) is 1. The summed E-state index contributed by atoms with van der Waals surface area (Å²) in [5, 5.41) is 22.7. The highest BCUT2D eigenvalue weighted by molar-refractivity contribution is 5.54. The molecule has 2 heterocycles. The third-order valence-electron chi connectivity index (χ3n) is 4.87. The van der Waals surface area contributed by atoms with Gasteiger partial charge in [0.1, 0.15) is 17.6 Å². The molecule has 0 aromatic carbocycles. The zero-order chi connectivity index (χ0) is 18.7. The Morgan fingerprint density at radius 1 is 1.31 bits per heavy atom. The van der Waals surface area contributed by atoms with Crippen molar-refractivity contribution in [3.63, 3.8) is 0 Å². The SMILES string of the molecule is COc1cncc([C@H](Nc2nc(C(C)C)ccc2C#N)C2CC(O)C2)c1. The van der Waals surface area contributed by atoms with Crippen LogP contribution < -0.4 is 10.1 Å². The normalized spacial score (nSPS) is 20.2. The first-order valence-electron chi connectivity index (χ1n) is 8.86. The number of ether oxygens (including phenoxy) is 1. The summed E-state index contributed by atoms with van der Waals surface area (Å²) >= 11 is 0. The van der Waals surface area contributed by atoms with Gasteiger partial charge in [-0.05, 0) is 48.4 Å². The van der Waals surface area contributed by atoms with Crippen molar-refractivity contribution in [3.05, 3.63) is 47.4 Å². The fourth-order valence-corrected chi connectivity index (χ4v) is 3.24. The molecule has 2 N–H and O–H groups in total. The second-order valence-corrected chi connectivity index (χ2v) is 7.06. The zero-order valence-corrected chi connectivity index (χ0v) is 15.3. The maximum atomic E-state index is 9.76.